The van der Waals surface area contributed by atoms with Crippen LogP contribution >= 0.6 is 0 Å². The van der Waals surface area contributed by atoms with Gasteiger partial charge in [-0.25, -0.2) is 0 Å². The summed E-state index contributed by atoms with van der Waals surface area (Å²) in [6.07, 6.45) is 0.679. The number of hydrogen-bond acceptors (Lipinski definition) is 3. The van der Waals surface area contributed by atoms with Crippen LogP contribution in [0.4, 0.5) is 0 Å². The lowest BCUT2D eigenvalue weighted by Gasteiger charge is -2.31. The average Bonchev–Trinajstić information content (AvgIpc) is 2.53. The quantitative estimate of drug-likeness (QED) is 0.822. The summed E-state index contributed by atoms with van der Waals surface area (Å²) in [4.78, 5) is 0. The number of nitrogens with two attached hydrogens (primary N) is 1. The molecule has 2 aromatic carbocycles. The van der Waals surface area contributed by atoms with Gasteiger partial charge in [-0.05, 0) is 31.0 Å². The Balaban J connectivity index is 2.08. The van der Waals surface area contributed by atoms with Crippen molar-refractivity contribution < 1.29 is 9.84 Å². The molecular weight excluding hydrogens is 262 g/mol. The van der Waals surface area contributed by atoms with E-state index in [2.05, 4.69) is 6.07 Å². The molecule has 0 saturated heterocycles. The molecule has 0 aliphatic rings. The van der Waals surface area contributed by atoms with Crippen molar-refractivity contribution >= 4 is 0 Å². The molecule has 2 rings (SSSR count). The van der Waals surface area contributed by atoms with Crippen molar-refractivity contribution in [3.63, 3.8) is 0 Å². The molecule has 0 aliphatic heterocycles. The monoisotopic (exact) mass is 285 g/mol. The summed E-state index contributed by atoms with van der Waals surface area (Å²) in [5.41, 5.74) is 7.76. The van der Waals surface area contributed by atoms with Gasteiger partial charge in [0, 0.05) is 12.0 Å². The van der Waals surface area contributed by atoms with Gasteiger partial charge < -0.3 is 15.6 Å². The van der Waals surface area contributed by atoms with Crippen molar-refractivity contribution in [2.75, 3.05) is 19.8 Å². The minimum atomic E-state index is -0.444. The zero-order chi connectivity index (χ0) is 15.1. The molecule has 0 amide bonds. The van der Waals surface area contributed by atoms with E-state index in [0.717, 1.165) is 11.3 Å². The lowest BCUT2D eigenvalue weighted by Crippen LogP contribution is -2.40. The number of para-hydroxylation sites is 1. The third-order valence-corrected chi connectivity index (χ3v) is 3.92. The summed E-state index contributed by atoms with van der Waals surface area (Å²) in [6, 6.07) is 17.9. The number of benzene rings is 2. The molecule has 0 spiro atoms. The van der Waals surface area contributed by atoms with Crippen LogP contribution in [-0.4, -0.2) is 24.9 Å². The van der Waals surface area contributed by atoms with Crippen LogP contribution in [0.2, 0.25) is 0 Å². The van der Waals surface area contributed by atoms with Crippen LogP contribution in [0.15, 0.2) is 54.6 Å². The summed E-state index contributed by atoms with van der Waals surface area (Å²) in [5, 5.41) is 9.88. The van der Waals surface area contributed by atoms with Crippen molar-refractivity contribution in [1.82, 2.24) is 0 Å². The van der Waals surface area contributed by atoms with E-state index in [1.165, 1.54) is 5.56 Å². The van der Waals surface area contributed by atoms with Crippen LogP contribution in [0.5, 0.6) is 5.75 Å². The molecule has 112 valence electrons. The molecule has 0 bridgehead atoms. The second-order valence-corrected chi connectivity index (χ2v) is 5.42. The van der Waals surface area contributed by atoms with Gasteiger partial charge in [0.05, 0.1) is 13.2 Å². The van der Waals surface area contributed by atoms with Gasteiger partial charge in [-0.1, -0.05) is 48.0 Å². The molecule has 0 radical (unpaired) electrons. The average molecular weight is 285 g/mol. The van der Waals surface area contributed by atoms with E-state index in [1.807, 2.05) is 55.5 Å². The molecule has 2 aromatic rings. The predicted octanol–water partition coefficient (Wildman–Crippen LogP) is 2.65. The van der Waals surface area contributed by atoms with Gasteiger partial charge in [0.1, 0.15) is 5.75 Å². The summed E-state index contributed by atoms with van der Waals surface area (Å²) in [6.45, 7) is 2.98. The fourth-order valence-corrected chi connectivity index (χ4v) is 2.46. The molecule has 3 N–H and O–H groups in total. The Morgan fingerprint density at radius 1 is 1.10 bits per heavy atom. The van der Waals surface area contributed by atoms with Crippen LogP contribution in [-0.2, 0) is 5.41 Å². The smallest absolute Gasteiger partial charge is 0.119 e. The van der Waals surface area contributed by atoms with Gasteiger partial charge in [0.25, 0.3) is 0 Å². The van der Waals surface area contributed by atoms with Crippen LogP contribution in [0.1, 0.15) is 17.5 Å². The van der Waals surface area contributed by atoms with Crippen molar-refractivity contribution in [2.45, 2.75) is 18.8 Å². The van der Waals surface area contributed by atoms with E-state index in [4.69, 9.17) is 10.5 Å². The molecule has 0 aromatic heterocycles. The Bertz CT molecular complexity index is 550. The fourth-order valence-electron chi connectivity index (χ4n) is 2.46. The first-order valence-corrected chi connectivity index (χ1v) is 7.26. The number of rotatable bonds is 7. The lowest BCUT2D eigenvalue weighted by molar-refractivity contribution is 0.163. The molecule has 1 atom stereocenters. The number of ether oxygens (including phenoxy) is 1. The fraction of sp³-hybridized carbons (Fsp3) is 0.333. The number of aliphatic hydroxyl groups is 1. The molecule has 3 nitrogen and oxygen atoms in total. The van der Waals surface area contributed by atoms with Gasteiger partial charge in [0.2, 0.25) is 0 Å². The minimum absolute atomic E-state index is 0.0190. The Morgan fingerprint density at radius 2 is 1.86 bits per heavy atom. The van der Waals surface area contributed by atoms with Crippen LogP contribution < -0.4 is 10.5 Å². The lowest BCUT2D eigenvalue weighted by atomic mass is 9.78. The van der Waals surface area contributed by atoms with Crippen LogP contribution in [0, 0.1) is 6.92 Å². The topological polar surface area (TPSA) is 55.5 Å². The second-order valence-electron chi connectivity index (χ2n) is 5.42. The highest BCUT2D eigenvalue weighted by atomic mass is 16.5. The highest BCUT2D eigenvalue weighted by Crippen LogP contribution is 2.27. The Morgan fingerprint density at radius 3 is 2.48 bits per heavy atom. The summed E-state index contributed by atoms with van der Waals surface area (Å²) >= 11 is 0. The van der Waals surface area contributed by atoms with Crippen molar-refractivity contribution in [1.29, 1.82) is 0 Å². The zero-order valence-electron chi connectivity index (χ0n) is 12.5. The van der Waals surface area contributed by atoms with E-state index in [1.54, 1.807) is 0 Å². The van der Waals surface area contributed by atoms with Gasteiger partial charge >= 0.3 is 0 Å². The number of hydrogen-bond donors (Lipinski definition) is 2. The standard InChI is InChI=1S/C18H23NO2/c1-15-6-5-7-16(12-15)18(13-19,14-20)10-11-21-17-8-3-2-4-9-17/h2-9,12,20H,10-11,13-14,19H2,1H3. The second kappa shape index (κ2) is 7.25. The maximum absolute atomic E-state index is 9.88. The SMILES string of the molecule is Cc1cccc(C(CN)(CO)CCOc2ccccc2)c1. The molecule has 0 fully saturated rings. The number of aryl methyl sites for hydroxylation is 1. The summed E-state index contributed by atoms with van der Waals surface area (Å²) < 4.78 is 5.75. The molecule has 3 heteroatoms. The molecule has 0 aliphatic carbocycles. The maximum Gasteiger partial charge on any atom is 0.119 e. The van der Waals surface area contributed by atoms with E-state index in [-0.39, 0.29) is 6.61 Å². The van der Waals surface area contributed by atoms with E-state index < -0.39 is 5.41 Å². The maximum atomic E-state index is 9.88. The van der Waals surface area contributed by atoms with E-state index >= 15 is 0 Å². The molecule has 0 saturated carbocycles. The first-order valence-electron chi connectivity index (χ1n) is 7.26. The Hall–Kier alpha value is -1.84. The van der Waals surface area contributed by atoms with Crippen LogP contribution in [0.3, 0.4) is 0 Å². The summed E-state index contributed by atoms with van der Waals surface area (Å²) in [7, 11) is 0. The van der Waals surface area contributed by atoms with Gasteiger partial charge in [-0.2, -0.15) is 0 Å². The zero-order valence-corrected chi connectivity index (χ0v) is 12.5. The van der Waals surface area contributed by atoms with Crippen molar-refractivity contribution in [2.24, 2.45) is 5.73 Å². The molecular formula is C18H23NO2. The highest BCUT2D eigenvalue weighted by Gasteiger charge is 2.30. The van der Waals surface area contributed by atoms with Crippen molar-refractivity contribution in [3.05, 3.63) is 65.7 Å². The minimum Gasteiger partial charge on any atom is -0.494 e. The first-order chi connectivity index (χ1) is 10.2. The van der Waals surface area contributed by atoms with Gasteiger partial charge in [-0.3, -0.25) is 0 Å². The molecule has 1 unspecified atom stereocenters. The van der Waals surface area contributed by atoms with Crippen LogP contribution in [0.25, 0.3) is 0 Å². The predicted molar refractivity (Wildman–Crippen MR) is 85.6 cm³/mol. The van der Waals surface area contributed by atoms with Gasteiger partial charge in [-0.15, -0.1) is 0 Å². The Kier molecular flexibility index (Phi) is 5.37. The number of aliphatic hydroxyl groups excluding tert-OH is 1. The molecule has 21 heavy (non-hydrogen) atoms. The third-order valence-electron chi connectivity index (χ3n) is 3.92. The van der Waals surface area contributed by atoms with E-state index in [9.17, 15) is 5.11 Å². The summed E-state index contributed by atoms with van der Waals surface area (Å²) in [5.74, 6) is 0.839. The first kappa shape index (κ1) is 15.5. The van der Waals surface area contributed by atoms with E-state index in [0.29, 0.717) is 19.6 Å². The third kappa shape index (κ3) is 3.84. The molecule has 0 heterocycles. The largest absolute Gasteiger partial charge is 0.494 e. The Labute approximate surface area is 126 Å². The van der Waals surface area contributed by atoms with Gasteiger partial charge in [0.15, 0.2) is 0 Å². The van der Waals surface area contributed by atoms with Crippen molar-refractivity contribution in [3.8, 4) is 5.75 Å². The highest BCUT2D eigenvalue weighted by molar-refractivity contribution is 5.30. The normalized spacial score (nSPS) is 13.7.